The lowest BCUT2D eigenvalue weighted by atomic mass is 9.97. The van der Waals surface area contributed by atoms with E-state index in [-0.39, 0.29) is 17.9 Å². The first-order valence-electron chi connectivity index (χ1n) is 17.4. The predicted molar refractivity (Wildman–Crippen MR) is 195 cm³/mol. The zero-order valence-electron chi connectivity index (χ0n) is 30.9. The third kappa shape index (κ3) is 11.3. The van der Waals surface area contributed by atoms with Gasteiger partial charge >= 0.3 is 18.4 Å². The molecule has 1 unspecified atom stereocenters. The molecule has 288 valence electrons. The molecule has 11 nitrogen and oxygen atoms in total. The van der Waals surface area contributed by atoms with Crippen molar-refractivity contribution in [3.8, 4) is 5.69 Å². The van der Waals surface area contributed by atoms with Gasteiger partial charge < -0.3 is 25.4 Å². The van der Waals surface area contributed by atoms with Crippen LogP contribution in [0.3, 0.4) is 0 Å². The Balaban J connectivity index is 1.42. The summed E-state index contributed by atoms with van der Waals surface area (Å²) < 4.78 is 68.5. The van der Waals surface area contributed by atoms with Gasteiger partial charge in [0, 0.05) is 18.3 Å². The summed E-state index contributed by atoms with van der Waals surface area (Å²) in [6.45, 7) is 11.0. The molecular formula is C39H44F4N6O5. The molecule has 15 heteroatoms. The highest BCUT2D eigenvalue weighted by Gasteiger charge is 2.36. The van der Waals surface area contributed by atoms with Crippen LogP contribution in [0.2, 0.25) is 0 Å². The smallest absolute Gasteiger partial charge is 0.435 e. The van der Waals surface area contributed by atoms with Crippen molar-refractivity contribution in [3.63, 3.8) is 0 Å². The van der Waals surface area contributed by atoms with Gasteiger partial charge in [-0.2, -0.15) is 18.3 Å². The molecule has 1 fully saturated rings. The van der Waals surface area contributed by atoms with Gasteiger partial charge in [-0.1, -0.05) is 30.3 Å². The van der Waals surface area contributed by atoms with E-state index in [1.165, 1.54) is 30.3 Å². The van der Waals surface area contributed by atoms with E-state index in [4.69, 9.17) is 9.47 Å². The fourth-order valence-corrected chi connectivity index (χ4v) is 5.42. The van der Waals surface area contributed by atoms with Crippen molar-refractivity contribution in [2.24, 2.45) is 5.92 Å². The van der Waals surface area contributed by atoms with Crippen molar-refractivity contribution in [3.05, 3.63) is 107 Å². The Morgan fingerprint density at radius 3 is 2.17 bits per heavy atom. The number of aromatic nitrogens is 2. The van der Waals surface area contributed by atoms with E-state index in [0.29, 0.717) is 35.3 Å². The minimum Gasteiger partial charge on any atom is -0.444 e. The maximum atomic E-state index is 15.4. The Labute approximate surface area is 310 Å². The molecule has 1 aliphatic rings. The first kappa shape index (κ1) is 39.8. The van der Waals surface area contributed by atoms with Crippen LogP contribution in [-0.4, -0.2) is 45.6 Å². The summed E-state index contributed by atoms with van der Waals surface area (Å²) in [6.07, 6.45) is -4.10. The van der Waals surface area contributed by atoms with Gasteiger partial charge in [0.15, 0.2) is 5.69 Å². The molecule has 3 amide bonds. The van der Waals surface area contributed by atoms with Crippen LogP contribution in [0.25, 0.3) is 5.69 Å². The number of carbonyl (C=O) groups is 3. The number of alkyl halides is 3. The summed E-state index contributed by atoms with van der Waals surface area (Å²) in [6, 6.07) is 17.3. The van der Waals surface area contributed by atoms with Crippen LogP contribution in [0.5, 0.6) is 0 Å². The molecule has 3 aromatic carbocycles. The summed E-state index contributed by atoms with van der Waals surface area (Å²) in [5.74, 6) is -1.40. The van der Waals surface area contributed by atoms with E-state index >= 15 is 4.39 Å². The summed E-state index contributed by atoms with van der Waals surface area (Å²) in [5, 5.41) is 14.9. The highest BCUT2D eigenvalue weighted by molar-refractivity contribution is 6.03. The topological polar surface area (TPSA) is 136 Å². The molecule has 0 radical (unpaired) electrons. The summed E-state index contributed by atoms with van der Waals surface area (Å²) in [7, 11) is 0. The van der Waals surface area contributed by atoms with Crippen LogP contribution in [0.4, 0.5) is 38.5 Å². The Hall–Kier alpha value is -5.44. The lowest BCUT2D eigenvalue weighted by Crippen LogP contribution is -2.32. The maximum absolute atomic E-state index is 15.4. The maximum Gasteiger partial charge on any atom is 0.435 e. The van der Waals surface area contributed by atoms with E-state index in [9.17, 15) is 27.6 Å². The number of hydrogen-bond acceptors (Lipinski definition) is 7. The number of carbonyl (C=O) groups excluding carboxylic acids is 3. The standard InChI is InChI=1S/C39H44F4N6O5/c1-37(2,3)53-35(51)45-22-24-9-7-12-28(17-24)49-31(20-32(48-49)39(41,42)43)34(50)47-30-19-26(15-16-29(30)40)33(44-21-23-13-14-23)25-10-8-11-27(18-25)46-36(52)54-38(4,5)6/h7-12,15-20,23,33,44H,13-14,21-22H2,1-6H3,(H,45,51)(H,46,52)(H,47,50). The first-order valence-corrected chi connectivity index (χ1v) is 17.4. The number of rotatable bonds is 11. The number of halogens is 4. The summed E-state index contributed by atoms with van der Waals surface area (Å²) in [4.78, 5) is 38.3. The molecule has 1 heterocycles. The zero-order valence-corrected chi connectivity index (χ0v) is 30.9. The van der Waals surface area contributed by atoms with Crippen LogP contribution in [0.15, 0.2) is 72.8 Å². The second-order valence-electron chi connectivity index (χ2n) is 15.1. The second kappa shape index (κ2) is 15.9. The highest BCUT2D eigenvalue weighted by Crippen LogP contribution is 2.33. The number of nitrogens with zero attached hydrogens (tertiary/aromatic N) is 2. The van der Waals surface area contributed by atoms with Gasteiger partial charge in [-0.15, -0.1) is 0 Å². The van der Waals surface area contributed by atoms with Crippen LogP contribution in [0, 0.1) is 11.7 Å². The SMILES string of the molecule is CC(C)(C)OC(=O)NCc1cccc(-n2nc(C(F)(F)F)cc2C(=O)Nc2cc(C(NCC3CC3)c3cccc(NC(=O)OC(C)(C)C)c3)ccc2F)c1. The lowest BCUT2D eigenvalue weighted by molar-refractivity contribution is -0.141. The third-order valence-corrected chi connectivity index (χ3v) is 7.97. The molecule has 1 aromatic heterocycles. The van der Waals surface area contributed by atoms with Crippen molar-refractivity contribution in [1.82, 2.24) is 20.4 Å². The van der Waals surface area contributed by atoms with Gasteiger partial charge in [-0.05, 0) is 120 Å². The first-order chi connectivity index (χ1) is 25.2. The molecule has 4 N–H and O–H groups in total. The Morgan fingerprint density at radius 1 is 0.833 bits per heavy atom. The number of ether oxygens (including phenoxy) is 2. The van der Waals surface area contributed by atoms with Gasteiger partial charge in [0.1, 0.15) is 22.7 Å². The second-order valence-corrected chi connectivity index (χ2v) is 15.1. The molecule has 0 saturated heterocycles. The predicted octanol–water partition coefficient (Wildman–Crippen LogP) is 8.74. The van der Waals surface area contributed by atoms with Crippen molar-refractivity contribution in [1.29, 1.82) is 0 Å². The Kier molecular flexibility index (Phi) is 11.7. The van der Waals surface area contributed by atoms with Gasteiger partial charge in [-0.3, -0.25) is 10.1 Å². The third-order valence-electron chi connectivity index (χ3n) is 7.97. The Bertz CT molecular complexity index is 2000. The van der Waals surface area contributed by atoms with Crippen LogP contribution >= 0.6 is 0 Å². The van der Waals surface area contributed by atoms with E-state index in [2.05, 4.69) is 26.4 Å². The van der Waals surface area contributed by atoms with Crippen molar-refractivity contribution >= 4 is 29.5 Å². The molecule has 54 heavy (non-hydrogen) atoms. The molecule has 5 rings (SSSR count). The minimum atomic E-state index is -4.89. The average Bonchev–Trinajstić information content (AvgIpc) is 3.77. The number of anilines is 2. The quantitative estimate of drug-likeness (QED) is 0.113. The molecule has 1 saturated carbocycles. The summed E-state index contributed by atoms with van der Waals surface area (Å²) in [5.41, 5.74) is -1.22. The fraction of sp³-hybridized carbons (Fsp3) is 0.385. The van der Waals surface area contributed by atoms with E-state index in [1.807, 2.05) is 6.07 Å². The van der Waals surface area contributed by atoms with Gasteiger partial charge in [0.05, 0.1) is 17.4 Å². The molecule has 0 spiro atoms. The molecular weight excluding hydrogens is 708 g/mol. The van der Waals surface area contributed by atoms with Crippen molar-refractivity contribution in [2.45, 2.75) is 84.3 Å². The van der Waals surface area contributed by atoms with Gasteiger partial charge in [0.25, 0.3) is 5.91 Å². The molecule has 1 aliphatic carbocycles. The zero-order chi connectivity index (χ0) is 39.4. The number of nitrogens with one attached hydrogen (secondary N) is 4. The van der Waals surface area contributed by atoms with E-state index in [0.717, 1.165) is 23.1 Å². The van der Waals surface area contributed by atoms with Crippen molar-refractivity contribution in [2.75, 3.05) is 17.2 Å². The fourth-order valence-electron chi connectivity index (χ4n) is 5.42. The molecule has 0 bridgehead atoms. The summed E-state index contributed by atoms with van der Waals surface area (Å²) >= 11 is 0. The minimum absolute atomic E-state index is 0.0222. The van der Waals surface area contributed by atoms with Crippen LogP contribution in [-0.2, 0) is 22.2 Å². The van der Waals surface area contributed by atoms with E-state index in [1.54, 1.807) is 71.9 Å². The number of amides is 3. The van der Waals surface area contributed by atoms with Gasteiger partial charge in [0.2, 0.25) is 0 Å². The molecule has 0 aliphatic heterocycles. The molecule has 1 atom stereocenters. The lowest BCUT2D eigenvalue weighted by Gasteiger charge is -2.22. The number of alkyl carbamates (subject to hydrolysis) is 1. The van der Waals surface area contributed by atoms with Crippen LogP contribution < -0.4 is 21.3 Å². The van der Waals surface area contributed by atoms with Crippen LogP contribution in [0.1, 0.15) is 93.3 Å². The number of benzene rings is 3. The number of hydrogen-bond donors (Lipinski definition) is 4. The van der Waals surface area contributed by atoms with Gasteiger partial charge in [-0.25, -0.2) is 18.7 Å². The monoisotopic (exact) mass is 752 g/mol. The normalized spacial score (nSPS) is 13.9. The largest absolute Gasteiger partial charge is 0.444 e. The average molecular weight is 753 g/mol. The van der Waals surface area contributed by atoms with Crippen molar-refractivity contribution < 1.29 is 41.4 Å². The molecule has 4 aromatic rings. The Morgan fingerprint density at radius 2 is 1.50 bits per heavy atom. The van der Waals surface area contributed by atoms with E-state index < -0.39 is 58.7 Å². The highest BCUT2D eigenvalue weighted by atomic mass is 19.4.